The van der Waals surface area contributed by atoms with Crippen molar-refractivity contribution in [2.75, 3.05) is 11.2 Å². The molecule has 0 atom stereocenters. The summed E-state index contributed by atoms with van der Waals surface area (Å²) in [6.45, 7) is 2.02. The van der Waals surface area contributed by atoms with E-state index in [1.165, 1.54) is 0 Å². The van der Waals surface area contributed by atoms with Crippen LogP contribution >= 0.6 is 12.4 Å². The van der Waals surface area contributed by atoms with Gasteiger partial charge >= 0.3 is 0 Å². The van der Waals surface area contributed by atoms with Crippen LogP contribution in [-0.2, 0) is 0 Å². The Morgan fingerprint density at radius 1 is 1.22 bits per heavy atom. The Labute approximate surface area is 112 Å². The average Bonchev–Trinajstić information content (AvgIpc) is 2.34. The van der Waals surface area contributed by atoms with Gasteiger partial charge in [0.05, 0.1) is 11.9 Å². The molecule has 0 aliphatic heterocycles. The van der Waals surface area contributed by atoms with Gasteiger partial charge < -0.3 is 5.73 Å². The Kier molecular flexibility index (Phi) is 5.07. The van der Waals surface area contributed by atoms with Crippen LogP contribution in [0.15, 0.2) is 41.8 Å². The van der Waals surface area contributed by atoms with Gasteiger partial charge in [-0.15, -0.1) is 12.4 Å². The molecule has 0 fully saturated rings. The molecule has 0 amide bonds. The average molecular weight is 264 g/mol. The van der Waals surface area contributed by atoms with Gasteiger partial charge in [0, 0.05) is 18.0 Å². The largest absolute Gasteiger partial charge is 0.368 e. The normalized spacial score (nSPS) is 10.1. The van der Waals surface area contributed by atoms with E-state index in [2.05, 4.69) is 20.5 Å². The third-order valence-corrected chi connectivity index (χ3v) is 2.24. The number of hydrogen-bond acceptors (Lipinski definition) is 5. The minimum atomic E-state index is 0. The Morgan fingerprint density at radius 3 is 2.56 bits per heavy atom. The molecule has 0 bridgehead atoms. The van der Waals surface area contributed by atoms with Crippen molar-refractivity contribution in [1.29, 1.82) is 0 Å². The number of anilines is 2. The van der Waals surface area contributed by atoms with E-state index in [0.29, 0.717) is 0 Å². The number of hydrogen-bond donors (Lipinski definition) is 2. The van der Waals surface area contributed by atoms with Crippen LogP contribution < -0.4 is 11.2 Å². The fourth-order valence-electron chi connectivity index (χ4n) is 1.29. The van der Waals surface area contributed by atoms with Gasteiger partial charge in [0.1, 0.15) is 0 Å². The summed E-state index contributed by atoms with van der Waals surface area (Å²) in [6, 6.07) is 7.92. The van der Waals surface area contributed by atoms with Gasteiger partial charge in [-0.3, -0.25) is 5.43 Å². The molecular formula is C12H14ClN5. The topological polar surface area (TPSA) is 76.2 Å². The first-order chi connectivity index (χ1) is 8.25. The standard InChI is InChI=1S/C12H13N5.ClH/c1-9-4-2-3-5-11(9)17-16-8-10-6-14-12(13)15-7-10;/h2-8,17H,1H3,(H2,13,14,15);1H/b16-8+;. The zero-order valence-electron chi connectivity index (χ0n) is 9.87. The molecule has 94 valence electrons. The van der Waals surface area contributed by atoms with Gasteiger partial charge in [0.15, 0.2) is 0 Å². The van der Waals surface area contributed by atoms with Crippen molar-refractivity contribution in [1.82, 2.24) is 9.97 Å². The summed E-state index contributed by atoms with van der Waals surface area (Å²) in [7, 11) is 0. The molecule has 1 heterocycles. The summed E-state index contributed by atoms with van der Waals surface area (Å²) >= 11 is 0. The van der Waals surface area contributed by atoms with Crippen LogP contribution in [0.25, 0.3) is 0 Å². The Balaban J connectivity index is 0.00000162. The maximum atomic E-state index is 5.38. The van der Waals surface area contributed by atoms with Crippen molar-refractivity contribution in [3.8, 4) is 0 Å². The fraction of sp³-hybridized carbons (Fsp3) is 0.0833. The summed E-state index contributed by atoms with van der Waals surface area (Å²) in [6.07, 6.45) is 4.88. The number of hydrazone groups is 1. The number of nitrogens with zero attached hydrogens (tertiary/aromatic N) is 3. The third-order valence-electron chi connectivity index (χ3n) is 2.24. The number of rotatable bonds is 3. The number of para-hydroxylation sites is 1. The molecule has 0 saturated heterocycles. The molecule has 5 nitrogen and oxygen atoms in total. The lowest BCUT2D eigenvalue weighted by Gasteiger charge is -2.03. The first-order valence-electron chi connectivity index (χ1n) is 5.18. The van der Waals surface area contributed by atoms with Crippen molar-refractivity contribution in [2.45, 2.75) is 6.92 Å². The van der Waals surface area contributed by atoms with Crippen LogP contribution in [0.2, 0.25) is 0 Å². The molecule has 2 aromatic rings. The van der Waals surface area contributed by atoms with E-state index in [-0.39, 0.29) is 18.4 Å². The van der Waals surface area contributed by atoms with Gasteiger partial charge in [0.25, 0.3) is 0 Å². The van der Waals surface area contributed by atoms with E-state index in [1.54, 1.807) is 18.6 Å². The summed E-state index contributed by atoms with van der Waals surface area (Å²) in [5.74, 6) is 0.258. The van der Waals surface area contributed by atoms with Gasteiger partial charge in [-0.25, -0.2) is 9.97 Å². The van der Waals surface area contributed by atoms with Crippen molar-refractivity contribution in [3.63, 3.8) is 0 Å². The van der Waals surface area contributed by atoms with Crippen molar-refractivity contribution in [2.24, 2.45) is 5.10 Å². The second-order valence-electron chi connectivity index (χ2n) is 3.56. The molecular weight excluding hydrogens is 250 g/mol. The lowest BCUT2D eigenvalue weighted by atomic mass is 10.2. The quantitative estimate of drug-likeness (QED) is 0.658. The molecule has 0 aliphatic carbocycles. The number of aromatic nitrogens is 2. The summed E-state index contributed by atoms with van der Waals surface area (Å²) < 4.78 is 0. The van der Waals surface area contributed by atoms with Crippen molar-refractivity contribution >= 4 is 30.3 Å². The van der Waals surface area contributed by atoms with E-state index >= 15 is 0 Å². The van der Waals surface area contributed by atoms with Gasteiger partial charge in [0.2, 0.25) is 5.95 Å². The highest BCUT2D eigenvalue weighted by Crippen LogP contribution is 2.12. The molecule has 2 rings (SSSR count). The number of aryl methyl sites for hydroxylation is 1. The maximum Gasteiger partial charge on any atom is 0.219 e. The van der Waals surface area contributed by atoms with Crippen LogP contribution in [0, 0.1) is 6.92 Å². The molecule has 1 aromatic heterocycles. The van der Waals surface area contributed by atoms with E-state index in [1.807, 2.05) is 31.2 Å². The number of nitrogens with two attached hydrogens (primary N) is 1. The Bertz CT molecular complexity index is 524. The molecule has 18 heavy (non-hydrogen) atoms. The SMILES string of the molecule is Cc1ccccc1N/N=C/c1cnc(N)nc1.Cl. The van der Waals surface area contributed by atoms with E-state index in [4.69, 9.17) is 5.73 Å². The van der Waals surface area contributed by atoms with E-state index in [9.17, 15) is 0 Å². The molecule has 1 aromatic carbocycles. The third kappa shape index (κ3) is 3.71. The van der Waals surface area contributed by atoms with Crippen molar-refractivity contribution in [3.05, 3.63) is 47.8 Å². The lowest BCUT2D eigenvalue weighted by molar-refractivity contribution is 1.18. The smallest absolute Gasteiger partial charge is 0.219 e. The minimum absolute atomic E-state index is 0. The van der Waals surface area contributed by atoms with Crippen LogP contribution in [0.1, 0.15) is 11.1 Å². The highest BCUT2D eigenvalue weighted by Gasteiger charge is 1.93. The lowest BCUT2D eigenvalue weighted by Crippen LogP contribution is -1.97. The predicted octanol–water partition coefficient (Wildman–Crippen LogP) is 2.24. The number of nitrogens with one attached hydrogen (secondary N) is 1. The van der Waals surface area contributed by atoms with Gasteiger partial charge in [-0.2, -0.15) is 5.10 Å². The Morgan fingerprint density at radius 2 is 1.89 bits per heavy atom. The summed E-state index contributed by atoms with van der Waals surface area (Å²) in [5.41, 5.74) is 11.2. The summed E-state index contributed by atoms with van der Waals surface area (Å²) in [5, 5.41) is 4.11. The zero-order chi connectivity index (χ0) is 12.1. The Hall–Kier alpha value is -2.14. The molecule has 0 saturated carbocycles. The first-order valence-corrected chi connectivity index (χ1v) is 5.18. The molecule has 3 N–H and O–H groups in total. The van der Waals surface area contributed by atoms with Crippen LogP contribution in [0.5, 0.6) is 0 Å². The second-order valence-corrected chi connectivity index (χ2v) is 3.56. The van der Waals surface area contributed by atoms with E-state index in [0.717, 1.165) is 16.8 Å². The highest BCUT2D eigenvalue weighted by atomic mass is 35.5. The molecule has 6 heteroatoms. The van der Waals surface area contributed by atoms with Crippen molar-refractivity contribution < 1.29 is 0 Å². The minimum Gasteiger partial charge on any atom is -0.368 e. The summed E-state index contributed by atoms with van der Waals surface area (Å²) in [4.78, 5) is 7.74. The monoisotopic (exact) mass is 263 g/mol. The number of nitrogen functional groups attached to an aromatic ring is 1. The number of halogens is 1. The van der Waals surface area contributed by atoms with E-state index < -0.39 is 0 Å². The zero-order valence-corrected chi connectivity index (χ0v) is 10.7. The maximum absolute atomic E-state index is 5.38. The molecule has 0 radical (unpaired) electrons. The van der Waals surface area contributed by atoms with Crippen LogP contribution in [0.3, 0.4) is 0 Å². The van der Waals surface area contributed by atoms with Crippen LogP contribution in [-0.4, -0.2) is 16.2 Å². The van der Waals surface area contributed by atoms with Crippen LogP contribution in [0.4, 0.5) is 11.6 Å². The number of benzene rings is 1. The molecule has 0 unspecified atom stereocenters. The first kappa shape index (κ1) is 13.9. The highest BCUT2D eigenvalue weighted by molar-refractivity contribution is 5.85. The van der Waals surface area contributed by atoms with Gasteiger partial charge in [-0.05, 0) is 18.6 Å². The molecule has 0 aliphatic rings. The molecule has 0 spiro atoms. The fourth-order valence-corrected chi connectivity index (χ4v) is 1.29. The van der Waals surface area contributed by atoms with Gasteiger partial charge in [-0.1, -0.05) is 18.2 Å². The predicted molar refractivity (Wildman–Crippen MR) is 76.1 cm³/mol. The second kappa shape index (κ2) is 6.56.